The van der Waals surface area contributed by atoms with Crippen molar-refractivity contribution in [1.29, 1.82) is 0 Å². The van der Waals surface area contributed by atoms with E-state index in [0.29, 0.717) is 0 Å². The van der Waals surface area contributed by atoms with E-state index >= 15 is 0 Å². The van der Waals surface area contributed by atoms with Crippen LogP contribution in [-0.2, 0) is 23.7 Å². The van der Waals surface area contributed by atoms with Gasteiger partial charge in [-0.2, -0.15) is 0 Å². The quantitative estimate of drug-likeness (QED) is 0.413. The molecule has 0 fully saturated rings. The average Bonchev–Trinajstić information content (AvgIpc) is 1.00. The van der Waals surface area contributed by atoms with Gasteiger partial charge in [-0.25, -0.2) is 0 Å². The normalized spacial score (nSPS) is 0.750. The van der Waals surface area contributed by atoms with Crippen LogP contribution >= 0.6 is 0 Å². The summed E-state index contributed by atoms with van der Waals surface area (Å²) < 4.78 is 8.25. The molecule has 0 aliphatic heterocycles. The van der Waals surface area contributed by atoms with E-state index in [2.05, 4.69) is 0 Å². The third-order valence-corrected chi connectivity index (χ3v) is 0. The van der Waals surface area contributed by atoms with Gasteiger partial charge in [-0.05, 0) is 0 Å². The zero-order chi connectivity index (χ0) is 2.00. The molecule has 0 aliphatic carbocycles. The van der Waals surface area contributed by atoms with E-state index in [4.69, 9.17) is 3.32 Å². The number of rotatable bonds is 0. The first kappa shape index (κ1) is 17.3. The second kappa shape index (κ2) is 22.2. The fourth-order valence-corrected chi connectivity index (χ4v) is 0. The average molecular weight is 126 g/mol. The standard InChI is InChI=1S/Ca.FH.O.Ti.2H/h;1H;;;;/q+2;;;;2*-1. The summed E-state index contributed by atoms with van der Waals surface area (Å²) in [6, 6.07) is 0. The predicted octanol–water partition coefficient (Wildman–Crippen LogP) is -0.125. The van der Waals surface area contributed by atoms with Gasteiger partial charge in [0.15, 0.2) is 0 Å². The second-order valence-electron chi connectivity index (χ2n) is 0. The topological polar surface area (TPSA) is 17.1 Å². The molecule has 0 saturated carbocycles. The molecular formula is H3CaFOTi. The summed E-state index contributed by atoms with van der Waals surface area (Å²) in [7, 11) is 0. The molecule has 0 atom stereocenters. The molecule has 0 radical (unpaired) electrons. The van der Waals surface area contributed by atoms with Crippen LogP contribution in [0.25, 0.3) is 0 Å². The van der Waals surface area contributed by atoms with Crippen molar-refractivity contribution in [3.63, 3.8) is 0 Å². The van der Waals surface area contributed by atoms with E-state index < -0.39 is 0 Å². The summed E-state index contributed by atoms with van der Waals surface area (Å²) in [5.74, 6) is 0. The Labute approximate surface area is 68.2 Å². The summed E-state index contributed by atoms with van der Waals surface area (Å²) in [5, 5.41) is 0. The van der Waals surface area contributed by atoms with Crippen LogP contribution in [0, 0.1) is 0 Å². The van der Waals surface area contributed by atoms with Crippen molar-refractivity contribution in [3.05, 3.63) is 0 Å². The molecule has 0 N–H and O–H groups in total. The van der Waals surface area contributed by atoms with Gasteiger partial charge < -0.3 is 2.85 Å². The molecule has 0 aromatic rings. The maximum atomic E-state index is 8.25. The van der Waals surface area contributed by atoms with Gasteiger partial charge in [-0.15, -0.1) is 0 Å². The molecule has 4 heteroatoms. The Kier molecular flexibility index (Phi) is 95.9. The SMILES string of the molecule is F.[Ca+2].[H-].[H-].[O]=[Ti]. The van der Waals surface area contributed by atoms with Crippen LogP contribution in [-0.4, -0.2) is 37.7 Å². The van der Waals surface area contributed by atoms with Gasteiger partial charge in [0, 0.05) is 0 Å². The van der Waals surface area contributed by atoms with Crippen molar-refractivity contribution in [2.45, 2.75) is 0 Å². The number of hydrogen-bond donors (Lipinski definition) is 0. The molecule has 0 amide bonds. The maximum absolute atomic E-state index is 8.25. The van der Waals surface area contributed by atoms with Crippen molar-refractivity contribution in [3.8, 4) is 0 Å². The van der Waals surface area contributed by atoms with E-state index in [1.54, 1.807) is 0 Å². The first-order valence-corrected chi connectivity index (χ1v) is 0.842. The summed E-state index contributed by atoms with van der Waals surface area (Å²) in [6.45, 7) is 0. The van der Waals surface area contributed by atoms with Gasteiger partial charge in [0.25, 0.3) is 0 Å². The molecule has 0 saturated heterocycles. The van der Waals surface area contributed by atoms with Crippen LogP contribution in [0.4, 0.5) is 4.70 Å². The Morgan fingerprint density at radius 2 is 1.50 bits per heavy atom. The zero-order valence-electron chi connectivity index (χ0n) is 4.02. The monoisotopic (exact) mass is 126 g/mol. The van der Waals surface area contributed by atoms with Crippen molar-refractivity contribution < 1.29 is 31.3 Å². The van der Waals surface area contributed by atoms with Crippen molar-refractivity contribution in [1.82, 2.24) is 0 Å². The fourth-order valence-electron chi connectivity index (χ4n) is 0. The molecule has 4 heavy (non-hydrogen) atoms. The van der Waals surface area contributed by atoms with Crippen LogP contribution in [0.5, 0.6) is 0 Å². The molecule has 22 valence electrons. The minimum absolute atomic E-state index is 0. The van der Waals surface area contributed by atoms with Crippen molar-refractivity contribution in [2.75, 3.05) is 0 Å². The molecule has 0 aliphatic rings. The summed E-state index contributed by atoms with van der Waals surface area (Å²) in [4.78, 5) is 0. The second-order valence-corrected chi connectivity index (χ2v) is 0. The van der Waals surface area contributed by atoms with Crippen LogP contribution in [0.1, 0.15) is 2.85 Å². The van der Waals surface area contributed by atoms with E-state index in [0.717, 1.165) is 20.4 Å². The predicted molar refractivity (Wildman–Crippen MR) is 11.2 cm³/mol. The van der Waals surface area contributed by atoms with E-state index in [-0.39, 0.29) is 45.3 Å². The van der Waals surface area contributed by atoms with Gasteiger partial charge in [-0.1, -0.05) is 0 Å². The molecule has 0 aromatic heterocycles. The van der Waals surface area contributed by atoms with Crippen LogP contribution in [0.2, 0.25) is 0 Å². The summed E-state index contributed by atoms with van der Waals surface area (Å²) in [5.41, 5.74) is 0. The first-order valence-electron chi connectivity index (χ1n) is 0.204. The van der Waals surface area contributed by atoms with E-state index in [9.17, 15) is 0 Å². The molecule has 0 aromatic carbocycles. The Morgan fingerprint density at radius 1 is 1.50 bits per heavy atom. The number of hydrogen-bond acceptors (Lipinski definition) is 1. The first-order chi connectivity index (χ1) is 1.00. The van der Waals surface area contributed by atoms with Gasteiger partial charge in [0.1, 0.15) is 0 Å². The van der Waals surface area contributed by atoms with Crippen LogP contribution in [0.15, 0.2) is 0 Å². The summed E-state index contributed by atoms with van der Waals surface area (Å²) in [6.07, 6.45) is 0. The molecule has 0 bridgehead atoms. The molecule has 0 unspecified atom stereocenters. The van der Waals surface area contributed by atoms with E-state index in [1.165, 1.54) is 0 Å². The van der Waals surface area contributed by atoms with Gasteiger partial charge in [-0.3, -0.25) is 4.70 Å². The Hall–Kier alpha value is 1.70. The van der Waals surface area contributed by atoms with Gasteiger partial charge in [0.2, 0.25) is 0 Å². The Bertz CT molecular complexity index is 13.5. The fraction of sp³-hybridized carbons (Fsp3) is 0. The Balaban J connectivity index is -0.000000000833. The molecule has 0 spiro atoms. The zero-order valence-corrected chi connectivity index (χ0v) is 5.79. The van der Waals surface area contributed by atoms with Crippen LogP contribution in [0.3, 0.4) is 0 Å². The third kappa shape index (κ3) is 9.33. The van der Waals surface area contributed by atoms with Crippen molar-refractivity contribution >= 4 is 37.7 Å². The van der Waals surface area contributed by atoms with Gasteiger partial charge in [0.05, 0.1) is 0 Å². The van der Waals surface area contributed by atoms with Gasteiger partial charge >= 0.3 is 61.5 Å². The Morgan fingerprint density at radius 3 is 1.50 bits per heavy atom. The van der Waals surface area contributed by atoms with E-state index in [1.807, 2.05) is 0 Å². The van der Waals surface area contributed by atoms with Crippen molar-refractivity contribution in [2.24, 2.45) is 0 Å². The molecule has 1 nitrogen and oxygen atoms in total. The molecule has 0 rings (SSSR count). The number of halogens is 1. The minimum atomic E-state index is 0. The molecular weight excluding hydrogens is 123 g/mol. The summed E-state index contributed by atoms with van der Waals surface area (Å²) >= 11 is 0.750. The molecule has 0 heterocycles. The third-order valence-electron chi connectivity index (χ3n) is 0. The van der Waals surface area contributed by atoms with Crippen LogP contribution < -0.4 is 0 Å².